The maximum atomic E-state index is 11.6. The first-order valence-electron chi connectivity index (χ1n) is 4.62. The molecule has 0 bridgehead atoms. The molecule has 0 aromatic heterocycles. The molecule has 86 valence electrons. The summed E-state index contributed by atoms with van der Waals surface area (Å²) in [4.78, 5) is 13.3. The number of fused-ring (bicyclic) bond motifs is 1. The van der Waals surface area contributed by atoms with Crippen molar-refractivity contribution in [2.45, 2.75) is 37.9 Å². The van der Waals surface area contributed by atoms with E-state index in [2.05, 4.69) is 6.07 Å². The van der Waals surface area contributed by atoms with Crippen LogP contribution in [0, 0.1) is 17.2 Å². The van der Waals surface area contributed by atoms with Gasteiger partial charge in [-0.3, -0.25) is 4.79 Å². The molecule has 0 radical (unpaired) electrons. The van der Waals surface area contributed by atoms with Crippen molar-refractivity contribution in [3.05, 3.63) is 0 Å². The number of likely N-dealkylation sites (tertiary alicyclic amines) is 1. The fourth-order valence-corrected chi connectivity index (χ4v) is 2.12. The largest absolute Gasteiger partial charge is 0.322 e. The van der Waals surface area contributed by atoms with Gasteiger partial charge < -0.3 is 10.6 Å². The quantitative estimate of drug-likeness (QED) is 0.713. The maximum absolute atomic E-state index is 11.6. The van der Waals surface area contributed by atoms with Crippen LogP contribution in [-0.4, -0.2) is 28.9 Å². The van der Waals surface area contributed by atoms with E-state index in [4.69, 9.17) is 11.0 Å². The second kappa shape index (κ2) is 5.10. The molecule has 1 saturated carbocycles. The van der Waals surface area contributed by atoms with Crippen molar-refractivity contribution in [2.24, 2.45) is 11.7 Å². The topological polar surface area (TPSA) is 70.1 Å². The van der Waals surface area contributed by atoms with Gasteiger partial charge in [0.2, 0.25) is 5.91 Å². The monoisotopic (exact) mass is 247 g/mol. The van der Waals surface area contributed by atoms with Crippen LogP contribution in [0.2, 0.25) is 0 Å². The molecule has 1 aliphatic heterocycles. The molecule has 4 atom stereocenters. The van der Waals surface area contributed by atoms with Gasteiger partial charge in [0.05, 0.1) is 12.1 Å². The fourth-order valence-electron chi connectivity index (χ4n) is 2.12. The normalized spacial score (nSPS) is 32.9. The smallest absolute Gasteiger partial charge is 0.240 e. The van der Waals surface area contributed by atoms with Crippen LogP contribution in [0.3, 0.4) is 0 Å². The van der Waals surface area contributed by atoms with Crippen LogP contribution in [0.15, 0.2) is 0 Å². The first-order valence-corrected chi connectivity index (χ1v) is 4.62. The van der Waals surface area contributed by atoms with Gasteiger partial charge >= 0.3 is 0 Å². The molecule has 15 heavy (non-hydrogen) atoms. The van der Waals surface area contributed by atoms with Gasteiger partial charge in [0, 0.05) is 6.04 Å². The number of hydrogen-bond donors (Lipinski definition) is 1. The van der Waals surface area contributed by atoms with E-state index in [1.165, 1.54) is 0 Å². The zero-order valence-electron chi connectivity index (χ0n) is 8.60. The van der Waals surface area contributed by atoms with E-state index >= 15 is 0 Å². The Morgan fingerprint density at radius 2 is 2.13 bits per heavy atom. The third-order valence-electron chi connectivity index (χ3n) is 2.90. The minimum absolute atomic E-state index is 0. The second-order valence-corrected chi connectivity index (χ2v) is 3.98. The Morgan fingerprint density at radius 3 is 2.60 bits per heavy atom. The number of hydrogen-bond acceptors (Lipinski definition) is 3. The van der Waals surface area contributed by atoms with Gasteiger partial charge in [-0.05, 0) is 25.7 Å². The van der Waals surface area contributed by atoms with Gasteiger partial charge in [0.25, 0.3) is 0 Å². The van der Waals surface area contributed by atoms with Crippen molar-refractivity contribution in [2.75, 3.05) is 0 Å². The van der Waals surface area contributed by atoms with Crippen LogP contribution >= 0.6 is 27.0 Å². The summed E-state index contributed by atoms with van der Waals surface area (Å²) in [5.41, 5.74) is 5.51. The van der Waals surface area contributed by atoms with Gasteiger partial charge in [-0.2, -0.15) is 32.3 Å². The van der Waals surface area contributed by atoms with Crippen molar-refractivity contribution in [1.82, 2.24) is 4.90 Å². The summed E-state index contributed by atoms with van der Waals surface area (Å²) in [6, 6.07) is 1.79. The number of amides is 1. The molecular weight excluding hydrogens is 230 g/mol. The number of carbonyl (C=O) groups excluding carboxylic acids is 1. The maximum Gasteiger partial charge on any atom is 0.240 e. The van der Waals surface area contributed by atoms with Crippen molar-refractivity contribution in [1.29, 1.82) is 5.26 Å². The highest BCUT2D eigenvalue weighted by molar-refractivity contribution is 7.59. The third-order valence-corrected chi connectivity index (χ3v) is 2.90. The fraction of sp³-hybridized carbons (Fsp3) is 0.778. The van der Waals surface area contributed by atoms with Crippen LogP contribution in [0.1, 0.15) is 19.8 Å². The van der Waals surface area contributed by atoms with Crippen molar-refractivity contribution >= 4 is 32.9 Å². The number of nitriles is 1. The molecule has 0 aromatic carbocycles. The van der Waals surface area contributed by atoms with E-state index in [9.17, 15) is 4.79 Å². The molecule has 1 unspecified atom stereocenters. The lowest BCUT2D eigenvalue weighted by Gasteiger charge is -2.24. The van der Waals surface area contributed by atoms with E-state index in [0.29, 0.717) is 12.0 Å². The lowest BCUT2D eigenvalue weighted by molar-refractivity contribution is -0.133. The number of nitrogens with zero attached hydrogens (tertiary/aromatic N) is 2. The SMILES string of the molecule is C[C@H](N)C(=O)N1C(C#N)C[C@@H]2C[C@@H]21.S.S. The van der Waals surface area contributed by atoms with Crippen molar-refractivity contribution in [3.63, 3.8) is 0 Å². The summed E-state index contributed by atoms with van der Waals surface area (Å²) in [5.74, 6) is 0.504. The molecule has 1 saturated heterocycles. The van der Waals surface area contributed by atoms with E-state index in [1.807, 2.05) is 0 Å². The molecular formula is C9H17N3OS2. The van der Waals surface area contributed by atoms with E-state index in [-0.39, 0.29) is 38.9 Å². The highest BCUT2D eigenvalue weighted by atomic mass is 32.1. The summed E-state index contributed by atoms with van der Waals surface area (Å²) in [5, 5.41) is 8.82. The molecule has 2 fully saturated rings. The van der Waals surface area contributed by atoms with Gasteiger partial charge in [0.15, 0.2) is 0 Å². The highest BCUT2D eigenvalue weighted by Gasteiger charge is 2.54. The Labute approximate surface area is 104 Å². The van der Waals surface area contributed by atoms with Crippen LogP contribution in [0.25, 0.3) is 0 Å². The number of nitrogens with two attached hydrogens (primary N) is 1. The number of piperidine rings is 1. The number of rotatable bonds is 1. The Bertz CT molecular complexity index is 290. The Morgan fingerprint density at radius 1 is 1.53 bits per heavy atom. The molecule has 2 aliphatic rings. The van der Waals surface area contributed by atoms with Crippen LogP contribution in [-0.2, 0) is 4.79 Å². The predicted octanol–water partition coefficient (Wildman–Crippen LogP) is 0.0722. The predicted molar refractivity (Wildman–Crippen MR) is 67.2 cm³/mol. The molecule has 4 nitrogen and oxygen atoms in total. The summed E-state index contributed by atoms with van der Waals surface area (Å²) >= 11 is 0. The van der Waals surface area contributed by atoms with Gasteiger partial charge in [-0.25, -0.2) is 0 Å². The van der Waals surface area contributed by atoms with Crippen molar-refractivity contribution < 1.29 is 4.79 Å². The lowest BCUT2D eigenvalue weighted by Crippen LogP contribution is -2.46. The van der Waals surface area contributed by atoms with E-state index in [0.717, 1.165) is 12.8 Å². The molecule has 2 rings (SSSR count). The molecule has 6 heteroatoms. The second-order valence-electron chi connectivity index (χ2n) is 3.98. The Balaban J connectivity index is 0.000000980. The molecule has 1 aliphatic carbocycles. The molecule has 0 spiro atoms. The lowest BCUT2D eigenvalue weighted by atomic mass is 10.2. The van der Waals surface area contributed by atoms with Crippen molar-refractivity contribution in [3.8, 4) is 6.07 Å². The minimum Gasteiger partial charge on any atom is -0.322 e. The standard InChI is InChI=1S/C9H13N3O.2H2S/c1-5(11)9(13)12-7(4-10)2-6-3-8(6)12;;/h5-8H,2-3,11H2,1H3;2*1H2/t5-,6+,7?,8-;;/m0../s1. The summed E-state index contributed by atoms with van der Waals surface area (Å²) in [6.07, 6.45) is 1.91. The van der Waals surface area contributed by atoms with Crippen LogP contribution in [0.4, 0.5) is 0 Å². The average molecular weight is 247 g/mol. The summed E-state index contributed by atoms with van der Waals surface area (Å²) in [6.45, 7) is 1.67. The summed E-state index contributed by atoms with van der Waals surface area (Å²) < 4.78 is 0. The highest BCUT2D eigenvalue weighted by Crippen LogP contribution is 2.47. The third kappa shape index (κ3) is 2.41. The first-order chi connectivity index (χ1) is 6.15. The Hall–Kier alpha value is -0.380. The minimum atomic E-state index is -0.477. The molecule has 0 aromatic rings. The number of carbonyl (C=O) groups is 1. The van der Waals surface area contributed by atoms with E-state index < -0.39 is 6.04 Å². The van der Waals surface area contributed by atoms with Gasteiger partial charge in [-0.15, -0.1) is 0 Å². The zero-order chi connectivity index (χ0) is 9.59. The van der Waals surface area contributed by atoms with Crippen LogP contribution < -0.4 is 5.73 Å². The molecule has 1 amide bonds. The first kappa shape index (κ1) is 14.6. The van der Waals surface area contributed by atoms with Gasteiger partial charge in [0.1, 0.15) is 6.04 Å². The molecule has 2 N–H and O–H groups in total. The van der Waals surface area contributed by atoms with Crippen LogP contribution in [0.5, 0.6) is 0 Å². The molecule has 1 heterocycles. The average Bonchev–Trinajstić information content (AvgIpc) is 2.76. The summed E-state index contributed by atoms with van der Waals surface area (Å²) in [7, 11) is 0. The van der Waals surface area contributed by atoms with E-state index in [1.54, 1.807) is 11.8 Å². The zero-order valence-corrected chi connectivity index (χ0v) is 10.6. The van der Waals surface area contributed by atoms with Gasteiger partial charge in [-0.1, -0.05) is 0 Å². The Kier molecular flexibility index (Phi) is 4.97.